The number of esters is 2. The molecule has 372 valence electrons. The van der Waals surface area contributed by atoms with Gasteiger partial charge >= 0.3 is 19.8 Å². The van der Waals surface area contributed by atoms with Crippen molar-refractivity contribution < 1.29 is 42.1 Å². The van der Waals surface area contributed by atoms with Crippen LogP contribution < -0.4 is 0 Å². The number of phosphoric acid groups is 1. The minimum absolute atomic E-state index is 0.0282. The lowest BCUT2D eigenvalue weighted by Gasteiger charge is -2.24. The van der Waals surface area contributed by atoms with E-state index in [0.717, 1.165) is 77.0 Å². The van der Waals surface area contributed by atoms with E-state index in [1.807, 2.05) is 21.1 Å². The second-order valence-corrected chi connectivity index (χ2v) is 20.0. The monoisotopic (exact) mass is 921 g/mol. The second-order valence-electron chi connectivity index (χ2n) is 18.5. The van der Waals surface area contributed by atoms with Gasteiger partial charge in [0, 0.05) is 12.8 Å². The first-order valence-electron chi connectivity index (χ1n) is 26.0. The molecule has 0 heterocycles. The van der Waals surface area contributed by atoms with Gasteiger partial charge in [0.25, 0.3) is 0 Å². The van der Waals surface area contributed by atoms with Gasteiger partial charge in [0.1, 0.15) is 19.8 Å². The van der Waals surface area contributed by atoms with Crippen LogP contribution in [0.25, 0.3) is 0 Å². The Hall–Kier alpha value is -2.29. The highest BCUT2D eigenvalue weighted by Crippen LogP contribution is 2.43. The summed E-state index contributed by atoms with van der Waals surface area (Å²) >= 11 is 0. The molecule has 1 N–H and O–H groups in total. The number of hydrogen-bond acceptors (Lipinski definition) is 7. The lowest BCUT2D eigenvalue weighted by molar-refractivity contribution is -0.870. The fourth-order valence-corrected chi connectivity index (χ4v) is 7.78. The Morgan fingerprint density at radius 1 is 0.500 bits per heavy atom. The summed E-state index contributed by atoms with van der Waals surface area (Å²) in [5.74, 6) is -0.806. The van der Waals surface area contributed by atoms with Crippen molar-refractivity contribution in [1.29, 1.82) is 0 Å². The maximum absolute atomic E-state index is 12.8. The minimum Gasteiger partial charge on any atom is -0.462 e. The van der Waals surface area contributed by atoms with Crippen molar-refractivity contribution in [2.24, 2.45) is 0 Å². The van der Waals surface area contributed by atoms with Crippen molar-refractivity contribution in [2.45, 2.75) is 225 Å². The van der Waals surface area contributed by atoms with Crippen molar-refractivity contribution in [2.75, 3.05) is 47.5 Å². The number of nitrogens with zero attached hydrogens (tertiary/aromatic N) is 1. The summed E-state index contributed by atoms with van der Waals surface area (Å²) in [5, 5.41) is 0. The van der Waals surface area contributed by atoms with Gasteiger partial charge in [-0.15, -0.1) is 0 Å². The second kappa shape index (κ2) is 45.8. The van der Waals surface area contributed by atoms with Crippen LogP contribution in [-0.4, -0.2) is 74.9 Å². The van der Waals surface area contributed by atoms with E-state index in [1.54, 1.807) is 0 Å². The molecule has 0 aromatic carbocycles. The maximum Gasteiger partial charge on any atom is 0.472 e. The standard InChI is InChI=1S/C54H98NO8P/c1-6-8-10-12-14-16-18-20-22-24-25-26-27-28-29-31-33-35-37-39-41-43-45-47-54(57)63-52(51-62-64(58,59)61-49-48-55(3,4)5)50-60-53(56)46-44-42-40-38-36-34-32-30-23-21-19-17-15-13-11-9-7-2/h8,10,14,16,20,22,25-26,28-29,52H,6-7,9,11-13,15,17-19,21,23-24,27,30-51H2,1-5H3/p+1/b10-8-,16-14-,22-20-,26-25-,29-28-. The van der Waals surface area contributed by atoms with E-state index in [1.165, 1.54) is 109 Å². The highest BCUT2D eigenvalue weighted by Gasteiger charge is 2.27. The maximum atomic E-state index is 12.8. The molecule has 0 aliphatic rings. The molecule has 0 aromatic heterocycles. The summed E-state index contributed by atoms with van der Waals surface area (Å²) in [6.45, 7) is 4.32. The molecular formula is C54H99NO8P+. The highest BCUT2D eigenvalue weighted by atomic mass is 31.2. The van der Waals surface area contributed by atoms with Crippen molar-refractivity contribution in [1.82, 2.24) is 0 Å². The summed E-state index contributed by atoms with van der Waals surface area (Å²) in [6, 6.07) is 0. The Labute approximate surface area is 394 Å². The first-order chi connectivity index (χ1) is 31.0. The summed E-state index contributed by atoms with van der Waals surface area (Å²) in [4.78, 5) is 35.6. The van der Waals surface area contributed by atoms with Crippen molar-refractivity contribution in [3.63, 3.8) is 0 Å². The molecule has 0 saturated heterocycles. The summed E-state index contributed by atoms with van der Waals surface area (Å²) in [6.07, 6.45) is 57.0. The van der Waals surface area contributed by atoms with E-state index in [4.69, 9.17) is 18.5 Å². The van der Waals surface area contributed by atoms with Crippen molar-refractivity contribution in [3.8, 4) is 0 Å². The van der Waals surface area contributed by atoms with Crippen LogP contribution in [0.15, 0.2) is 60.8 Å². The van der Waals surface area contributed by atoms with Crippen LogP contribution in [0.3, 0.4) is 0 Å². The van der Waals surface area contributed by atoms with E-state index < -0.39 is 26.5 Å². The zero-order chi connectivity index (χ0) is 47.1. The summed E-state index contributed by atoms with van der Waals surface area (Å²) in [7, 11) is 1.47. The largest absolute Gasteiger partial charge is 0.472 e. The van der Waals surface area contributed by atoms with E-state index in [2.05, 4.69) is 74.6 Å². The van der Waals surface area contributed by atoms with Crippen LogP contribution in [0, 0.1) is 0 Å². The normalized spacial score (nSPS) is 13.9. The molecule has 0 spiro atoms. The quantitative estimate of drug-likeness (QED) is 0.0211. The van der Waals surface area contributed by atoms with Gasteiger partial charge in [-0.05, 0) is 57.8 Å². The number of carbonyl (C=O) groups excluding carboxylic acids is 2. The Balaban J connectivity index is 4.27. The molecule has 0 saturated carbocycles. The van der Waals surface area contributed by atoms with Crippen LogP contribution in [0.4, 0.5) is 0 Å². The number of phosphoric ester groups is 1. The third kappa shape index (κ3) is 49.2. The number of hydrogen-bond donors (Lipinski definition) is 1. The molecule has 0 rings (SSSR count). The molecule has 0 amide bonds. The van der Waals surface area contributed by atoms with Gasteiger partial charge in [-0.3, -0.25) is 18.6 Å². The molecule has 0 aromatic rings. The van der Waals surface area contributed by atoms with Gasteiger partial charge < -0.3 is 18.9 Å². The Kier molecular flexibility index (Phi) is 44.2. The average Bonchev–Trinajstić information content (AvgIpc) is 3.25. The number of carbonyl (C=O) groups is 2. The molecule has 2 unspecified atom stereocenters. The van der Waals surface area contributed by atoms with Crippen LogP contribution >= 0.6 is 7.82 Å². The molecular weight excluding hydrogens is 822 g/mol. The van der Waals surface area contributed by atoms with Crippen molar-refractivity contribution in [3.05, 3.63) is 60.8 Å². The van der Waals surface area contributed by atoms with Gasteiger partial charge in [-0.1, -0.05) is 209 Å². The fourth-order valence-electron chi connectivity index (χ4n) is 7.04. The van der Waals surface area contributed by atoms with Gasteiger partial charge in [-0.2, -0.15) is 0 Å². The molecule has 0 fully saturated rings. The zero-order valence-corrected chi connectivity index (χ0v) is 42.9. The molecule has 0 aliphatic carbocycles. The SMILES string of the molecule is CC/C=C\C/C=C\C/C=C\C/C=C\C/C=C\CCCCCCCCCC(=O)OC(COC(=O)CCCCCCCCCCCCCCCCCCC)COP(=O)(O)OCC[N+](C)(C)C. The molecule has 2 atom stereocenters. The third-order valence-corrected chi connectivity index (χ3v) is 12.0. The lowest BCUT2D eigenvalue weighted by atomic mass is 10.0. The van der Waals surface area contributed by atoms with Gasteiger partial charge in [0.05, 0.1) is 27.7 Å². The zero-order valence-electron chi connectivity index (χ0n) is 42.0. The number of rotatable bonds is 47. The smallest absolute Gasteiger partial charge is 0.462 e. The van der Waals surface area contributed by atoms with Gasteiger partial charge in [0.2, 0.25) is 0 Å². The topological polar surface area (TPSA) is 108 Å². The van der Waals surface area contributed by atoms with E-state index in [0.29, 0.717) is 17.4 Å². The third-order valence-electron chi connectivity index (χ3n) is 11.1. The predicted molar refractivity (Wildman–Crippen MR) is 270 cm³/mol. The highest BCUT2D eigenvalue weighted by molar-refractivity contribution is 7.47. The average molecular weight is 921 g/mol. The Morgan fingerprint density at radius 2 is 0.891 bits per heavy atom. The minimum atomic E-state index is -4.39. The molecule has 0 aliphatic heterocycles. The number of unbranched alkanes of at least 4 members (excludes halogenated alkanes) is 23. The van der Waals surface area contributed by atoms with Crippen LogP contribution in [0.1, 0.15) is 219 Å². The number of quaternary nitrogens is 1. The van der Waals surface area contributed by atoms with Crippen LogP contribution in [0.5, 0.6) is 0 Å². The van der Waals surface area contributed by atoms with Crippen LogP contribution in [-0.2, 0) is 32.7 Å². The first kappa shape index (κ1) is 61.7. The molecule has 9 nitrogen and oxygen atoms in total. The van der Waals surface area contributed by atoms with Gasteiger partial charge in [0.15, 0.2) is 6.10 Å². The molecule has 10 heteroatoms. The molecule has 0 bridgehead atoms. The number of ether oxygens (including phenoxy) is 2. The number of likely N-dealkylation sites (N-methyl/N-ethyl adjacent to an activating group) is 1. The molecule has 64 heavy (non-hydrogen) atoms. The van der Waals surface area contributed by atoms with Crippen molar-refractivity contribution >= 4 is 19.8 Å². The Bertz CT molecular complexity index is 1270. The first-order valence-corrected chi connectivity index (χ1v) is 27.5. The summed E-state index contributed by atoms with van der Waals surface area (Å²) < 4.78 is 34.5. The molecule has 0 radical (unpaired) electrons. The number of allylic oxidation sites excluding steroid dienone is 10. The predicted octanol–water partition coefficient (Wildman–Crippen LogP) is 15.6. The van der Waals surface area contributed by atoms with Gasteiger partial charge in [-0.25, -0.2) is 4.57 Å². The fraction of sp³-hybridized carbons (Fsp3) is 0.778. The lowest BCUT2D eigenvalue weighted by Crippen LogP contribution is -2.37. The van der Waals surface area contributed by atoms with E-state index in [9.17, 15) is 19.0 Å². The van der Waals surface area contributed by atoms with E-state index >= 15 is 0 Å². The van der Waals surface area contributed by atoms with E-state index in [-0.39, 0.29) is 32.0 Å². The van der Waals surface area contributed by atoms with Crippen LogP contribution in [0.2, 0.25) is 0 Å². The summed E-state index contributed by atoms with van der Waals surface area (Å²) in [5.41, 5.74) is 0. The Morgan fingerprint density at radius 3 is 1.33 bits per heavy atom.